The van der Waals surface area contributed by atoms with Crippen molar-refractivity contribution in [2.45, 2.75) is 52.4 Å². The standard InChI is InChI=1S/C62H50N4O/c1-61(2,3)42-30-28-40(29-31-42)47-20-9-10-25-53(47)65-39-64(54-26-11-12-27-55(54)65)44-18-15-19-45(37-44)67-46-32-33-51-56(38-46)66(57-36-43(34-35-63-57)62(4,5)6)60-50-22-8-7-21-48(50)49-23-13-16-41-17-14-24-52(58(41)49)59(51)60/h7-38H,1-6H3. The number of benzene rings is 8. The zero-order valence-electron chi connectivity index (χ0n) is 38.7. The van der Waals surface area contributed by atoms with E-state index < -0.39 is 0 Å². The number of pyridine rings is 1. The summed E-state index contributed by atoms with van der Waals surface area (Å²) in [7, 11) is 0. The molecule has 0 N–H and O–H groups in total. The minimum Gasteiger partial charge on any atom is -0.458 e. The molecule has 0 saturated heterocycles. The topological polar surface area (TPSA) is 35.9 Å². The van der Waals surface area contributed by atoms with Gasteiger partial charge in [0.05, 0.1) is 33.6 Å². The summed E-state index contributed by atoms with van der Waals surface area (Å²) in [5, 5.41) is 3.62. The zero-order valence-corrected chi connectivity index (χ0v) is 38.7. The first-order chi connectivity index (χ1) is 32.5. The highest BCUT2D eigenvalue weighted by Gasteiger charge is 2.29. The minimum absolute atomic E-state index is 0.0693. The van der Waals surface area contributed by atoms with E-state index in [1.165, 1.54) is 55.3 Å². The summed E-state index contributed by atoms with van der Waals surface area (Å²) in [5.74, 6) is 2.34. The van der Waals surface area contributed by atoms with Gasteiger partial charge in [-0.2, -0.15) is 0 Å². The Bertz CT molecular complexity index is 3740. The largest absolute Gasteiger partial charge is 0.458 e. The van der Waals surface area contributed by atoms with Gasteiger partial charge >= 0.3 is 0 Å². The predicted molar refractivity (Wildman–Crippen MR) is 275 cm³/mol. The van der Waals surface area contributed by atoms with Crippen molar-refractivity contribution in [3.8, 4) is 73.3 Å². The molecule has 0 bridgehead atoms. The molecule has 3 aromatic heterocycles. The van der Waals surface area contributed by atoms with Crippen LogP contribution in [-0.2, 0) is 10.8 Å². The van der Waals surface area contributed by atoms with Crippen LogP contribution in [0.15, 0.2) is 194 Å². The van der Waals surface area contributed by atoms with Crippen LogP contribution in [0.25, 0.3) is 94.5 Å². The summed E-state index contributed by atoms with van der Waals surface area (Å²) in [6.45, 7) is 13.5. The van der Waals surface area contributed by atoms with Crippen LogP contribution in [0.2, 0.25) is 0 Å². The van der Waals surface area contributed by atoms with Crippen LogP contribution < -0.4 is 9.30 Å². The molecule has 0 atom stereocenters. The van der Waals surface area contributed by atoms with Crippen LogP contribution in [0.5, 0.6) is 11.5 Å². The molecule has 1 aliphatic rings. The Labute approximate surface area is 391 Å². The van der Waals surface area contributed by atoms with Gasteiger partial charge in [0.15, 0.2) is 0 Å². The normalized spacial score (nSPS) is 12.3. The number of aromatic nitrogens is 4. The van der Waals surface area contributed by atoms with E-state index in [1.807, 2.05) is 12.3 Å². The van der Waals surface area contributed by atoms with Crippen molar-refractivity contribution in [3.63, 3.8) is 0 Å². The van der Waals surface area contributed by atoms with Crippen molar-refractivity contribution in [1.82, 2.24) is 14.1 Å². The first kappa shape index (κ1) is 40.5. The second-order valence-electron chi connectivity index (χ2n) is 19.8. The third kappa shape index (κ3) is 6.76. The molecule has 3 heterocycles. The lowest BCUT2D eigenvalue weighted by Crippen LogP contribution is -2.30. The van der Waals surface area contributed by atoms with Crippen molar-refractivity contribution in [1.29, 1.82) is 0 Å². The second kappa shape index (κ2) is 15.3. The lowest BCUT2D eigenvalue weighted by Gasteiger charge is -2.21. The highest BCUT2D eigenvalue weighted by Crippen LogP contribution is 2.52. The van der Waals surface area contributed by atoms with E-state index in [0.717, 1.165) is 61.9 Å². The maximum atomic E-state index is 6.90. The molecule has 0 radical (unpaired) electrons. The molecule has 0 fully saturated rings. The molecule has 324 valence electrons. The molecule has 5 heteroatoms. The average molecular weight is 867 g/mol. The fraction of sp³-hybridized carbons (Fsp3) is 0.129. The summed E-state index contributed by atoms with van der Waals surface area (Å²) in [4.78, 5) is 5.11. The molecule has 5 nitrogen and oxygen atoms in total. The van der Waals surface area contributed by atoms with Gasteiger partial charge in [0, 0.05) is 28.8 Å². The second-order valence-corrected chi connectivity index (χ2v) is 19.8. The first-order valence-electron chi connectivity index (χ1n) is 23.2. The summed E-state index contributed by atoms with van der Waals surface area (Å²) in [6.07, 6.45) is 5.70. The van der Waals surface area contributed by atoms with Crippen molar-refractivity contribution >= 4 is 32.7 Å². The van der Waals surface area contributed by atoms with Gasteiger partial charge in [-0.3, -0.25) is 13.7 Å². The van der Waals surface area contributed by atoms with Gasteiger partial charge in [-0.05, 0) is 109 Å². The number of imidazole rings is 1. The number of ether oxygens (including phenoxy) is 1. The average Bonchev–Trinajstić information content (AvgIpc) is 3.86. The van der Waals surface area contributed by atoms with E-state index in [-0.39, 0.29) is 10.8 Å². The number of para-hydroxylation sites is 3. The number of nitrogens with zero attached hydrogens (tertiary/aromatic N) is 4. The quantitative estimate of drug-likeness (QED) is 0.123. The number of rotatable bonds is 6. The molecule has 0 unspecified atom stereocenters. The van der Waals surface area contributed by atoms with E-state index in [4.69, 9.17) is 9.72 Å². The molecule has 67 heavy (non-hydrogen) atoms. The maximum Gasteiger partial charge on any atom is 0.269 e. The van der Waals surface area contributed by atoms with E-state index in [1.54, 1.807) is 0 Å². The third-order valence-electron chi connectivity index (χ3n) is 13.5. The molecule has 1 aliphatic carbocycles. The molecular weight excluding hydrogens is 817 g/mol. The molecule has 8 aromatic carbocycles. The fourth-order valence-corrected chi connectivity index (χ4v) is 10.1. The number of hydrogen-bond acceptors (Lipinski definition) is 2. The van der Waals surface area contributed by atoms with Crippen LogP contribution >= 0.6 is 0 Å². The van der Waals surface area contributed by atoms with Gasteiger partial charge in [-0.1, -0.05) is 175 Å². The highest BCUT2D eigenvalue weighted by molar-refractivity contribution is 6.19. The summed E-state index contributed by atoms with van der Waals surface area (Å²) in [6, 6.07) is 67.5. The fourth-order valence-electron chi connectivity index (χ4n) is 10.1. The molecule has 11 aromatic rings. The molecule has 0 saturated carbocycles. The molecule has 12 rings (SSSR count). The maximum absolute atomic E-state index is 6.90. The van der Waals surface area contributed by atoms with Crippen LogP contribution in [0.3, 0.4) is 0 Å². The number of fused-ring (bicyclic) bond motifs is 8. The zero-order chi connectivity index (χ0) is 45.6. The van der Waals surface area contributed by atoms with Crippen molar-refractivity contribution in [2.24, 2.45) is 0 Å². The van der Waals surface area contributed by atoms with Crippen LogP contribution in [0.4, 0.5) is 0 Å². The van der Waals surface area contributed by atoms with E-state index in [0.29, 0.717) is 0 Å². The lowest BCUT2D eigenvalue weighted by molar-refractivity contribution is -0.571. The Kier molecular flexibility index (Phi) is 9.24. The van der Waals surface area contributed by atoms with Gasteiger partial charge in [-0.15, -0.1) is 0 Å². The van der Waals surface area contributed by atoms with Crippen molar-refractivity contribution < 1.29 is 9.30 Å². The van der Waals surface area contributed by atoms with E-state index in [2.05, 4.69) is 244 Å². The van der Waals surface area contributed by atoms with Crippen molar-refractivity contribution in [2.75, 3.05) is 0 Å². The Hall–Kier alpha value is -8.02. The number of hydrogen-bond donors (Lipinski definition) is 0. The van der Waals surface area contributed by atoms with Crippen LogP contribution in [0.1, 0.15) is 52.7 Å². The molecular formula is C62H50N4O. The Morgan fingerprint density at radius 1 is 0.522 bits per heavy atom. The van der Waals surface area contributed by atoms with Gasteiger partial charge in [0.1, 0.15) is 17.3 Å². The van der Waals surface area contributed by atoms with E-state index in [9.17, 15) is 0 Å². The smallest absolute Gasteiger partial charge is 0.269 e. The molecule has 0 spiro atoms. The van der Waals surface area contributed by atoms with Gasteiger partial charge in [-0.25, -0.2) is 4.98 Å². The first-order valence-corrected chi connectivity index (χ1v) is 23.2. The van der Waals surface area contributed by atoms with E-state index >= 15 is 0 Å². The van der Waals surface area contributed by atoms with Crippen LogP contribution in [0, 0.1) is 6.33 Å². The minimum atomic E-state index is -0.0693. The summed E-state index contributed by atoms with van der Waals surface area (Å²) >= 11 is 0. The Balaban J connectivity index is 0.994. The van der Waals surface area contributed by atoms with Gasteiger partial charge in [0.2, 0.25) is 0 Å². The highest BCUT2D eigenvalue weighted by atomic mass is 16.5. The SMILES string of the molecule is CC(C)(C)c1ccc(-c2ccccc2-[n+]2[c-]n(-c3cccc(Oc4ccc5c6c(n(-c7cc(C(C)(C)C)ccn7)c5c4)-c4ccccc4-c4cccc5cccc-6c45)c3)c3ccccc32)cc1. The lowest BCUT2D eigenvalue weighted by atomic mass is 9.86. The molecule has 0 aliphatic heterocycles. The Morgan fingerprint density at radius 2 is 1.19 bits per heavy atom. The monoisotopic (exact) mass is 866 g/mol. The van der Waals surface area contributed by atoms with Crippen LogP contribution in [-0.4, -0.2) is 14.1 Å². The van der Waals surface area contributed by atoms with Gasteiger partial charge < -0.3 is 4.74 Å². The third-order valence-corrected chi connectivity index (χ3v) is 13.5. The Morgan fingerprint density at radius 3 is 1.99 bits per heavy atom. The predicted octanol–water partition coefficient (Wildman–Crippen LogP) is 15.6. The summed E-state index contributed by atoms with van der Waals surface area (Å²) in [5.41, 5.74) is 17.1. The molecule has 0 amide bonds. The summed E-state index contributed by atoms with van der Waals surface area (Å²) < 4.78 is 13.6. The van der Waals surface area contributed by atoms with Gasteiger partial charge in [0.25, 0.3) is 6.33 Å². The van der Waals surface area contributed by atoms with Crippen molar-refractivity contribution in [3.05, 3.63) is 212 Å².